The number of allylic oxidation sites excluding steroid dienone is 1. The molecule has 1 aromatic carbocycles. The van der Waals surface area contributed by atoms with Crippen LogP contribution in [0.4, 0.5) is 0 Å². The Morgan fingerprint density at radius 3 is 2.67 bits per heavy atom. The first-order chi connectivity index (χ1) is 10.2. The van der Waals surface area contributed by atoms with Crippen molar-refractivity contribution in [1.29, 1.82) is 0 Å². The summed E-state index contributed by atoms with van der Waals surface area (Å²) in [5, 5.41) is 3.51. The molecular weight excluding hydrogens is 258 g/mol. The highest BCUT2D eigenvalue weighted by Crippen LogP contribution is 2.23. The third kappa shape index (κ3) is 5.55. The maximum atomic E-state index is 5.93. The van der Waals surface area contributed by atoms with Crippen LogP contribution in [0, 0.1) is 0 Å². The SMILES string of the molecule is C=C(C)c1ccc(OCC2CCCCN2)cc1CC.CC. The van der Waals surface area contributed by atoms with Gasteiger partial charge in [-0.1, -0.05) is 45.4 Å². The molecule has 1 aromatic rings. The van der Waals surface area contributed by atoms with Crippen molar-refractivity contribution in [3.8, 4) is 5.75 Å². The molecule has 1 saturated heterocycles. The summed E-state index contributed by atoms with van der Waals surface area (Å²) >= 11 is 0. The van der Waals surface area contributed by atoms with Crippen LogP contribution in [-0.2, 0) is 6.42 Å². The predicted octanol–water partition coefficient (Wildman–Crippen LogP) is 4.83. The van der Waals surface area contributed by atoms with Crippen LogP contribution >= 0.6 is 0 Å². The monoisotopic (exact) mass is 289 g/mol. The maximum Gasteiger partial charge on any atom is 0.119 e. The van der Waals surface area contributed by atoms with Crippen molar-refractivity contribution in [1.82, 2.24) is 5.32 Å². The molecule has 2 heteroatoms. The average Bonchev–Trinajstić information content (AvgIpc) is 2.55. The molecular formula is C19H31NO. The van der Waals surface area contributed by atoms with Crippen LogP contribution in [0.25, 0.3) is 5.57 Å². The molecule has 0 aromatic heterocycles. The molecule has 0 aliphatic carbocycles. The molecule has 1 unspecified atom stereocenters. The molecule has 1 heterocycles. The van der Waals surface area contributed by atoms with E-state index in [9.17, 15) is 0 Å². The van der Waals surface area contributed by atoms with Crippen molar-refractivity contribution in [3.05, 3.63) is 35.9 Å². The number of piperidine rings is 1. The quantitative estimate of drug-likeness (QED) is 0.838. The van der Waals surface area contributed by atoms with Gasteiger partial charge in [0.1, 0.15) is 12.4 Å². The molecule has 0 amide bonds. The van der Waals surface area contributed by atoms with Crippen LogP contribution in [0.15, 0.2) is 24.8 Å². The Morgan fingerprint density at radius 1 is 1.33 bits per heavy atom. The van der Waals surface area contributed by atoms with Gasteiger partial charge in [-0.2, -0.15) is 0 Å². The fraction of sp³-hybridized carbons (Fsp3) is 0.579. The van der Waals surface area contributed by atoms with E-state index in [2.05, 4.69) is 43.9 Å². The molecule has 118 valence electrons. The molecule has 2 rings (SSSR count). The van der Waals surface area contributed by atoms with E-state index >= 15 is 0 Å². The van der Waals surface area contributed by atoms with Gasteiger partial charge in [-0.25, -0.2) is 0 Å². The fourth-order valence-corrected chi connectivity index (χ4v) is 2.63. The zero-order valence-corrected chi connectivity index (χ0v) is 14.2. The fourth-order valence-electron chi connectivity index (χ4n) is 2.63. The average molecular weight is 289 g/mol. The first kappa shape index (κ1) is 17.8. The molecule has 0 saturated carbocycles. The number of hydrogen-bond donors (Lipinski definition) is 1. The Kier molecular flexibility index (Phi) is 8.14. The van der Waals surface area contributed by atoms with E-state index in [0.29, 0.717) is 6.04 Å². The van der Waals surface area contributed by atoms with Crippen LogP contribution in [0.1, 0.15) is 58.1 Å². The lowest BCUT2D eigenvalue weighted by molar-refractivity contribution is 0.239. The van der Waals surface area contributed by atoms with E-state index in [1.807, 2.05) is 13.8 Å². The van der Waals surface area contributed by atoms with Gasteiger partial charge in [0.15, 0.2) is 0 Å². The van der Waals surface area contributed by atoms with Gasteiger partial charge in [-0.15, -0.1) is 0 Å². The van der Waals surface area contributed by atoms with Crippen molar-refractivity contribution in [2.75, 3.05) is 13.2 Å². The topological polar surface area (TPSA) is 21.3 Å². The van der Waals surface area contributed by atoms with Gasteiger partial charge < -0.3 is 10.1 Å². The molecule has 0 bridgehead atoms. The molecule has 1 atom stereocenters. The van der Waals surface area contributed by atoms with Crippen LogP contribution in [-0.4, -0.2) is 19.2 Å². The van der Waals surface area contributed by atoms with E-state index in [1.165, 1.54) is 30.4 Å². The lowest BCUT2D eigenvalue weighted by atomic mass is 10.00. The number of rotatable bonds is 5. The molecule has 21 heavy (non-hydrogen) atoms. The van der Waals surface area contributed by atoms with Crippen LogP contribution < -0.4 is 10.1 Å². The van der Waals surface area contributed by atoms with E-state index in [4.69, 9.17) is 4.74 Å². The molecule has 1 aliphatic heterocycles. The molecule has 1 fully saturated rings. The number of ether oxygens (including phenoxy) is 1. The van der Waals surface area contributed by atoms with Gasteiger partial charge in [0.25, 0.3) is 0 Å². The normalized spacial score (nSPS) is 17.6. The number of hydrogen-bond acceptors (Lipinski definition) is 2. The zero-order chi connectivity index (χ0) is 15.7. The second-order valence-corrected chi connectivity index (χ2v) is 5.41. The van der Waals surface area contributed by atoms with Crippen LogP contribution in [0.2, 0.25) is 0 Å². The summed E-state index contributed by atoms with van der Waals surface area (Å²) in [5.74, 6) is 0.981. The van der Waals surface area contributed by atoms with Crippen molar-refractivity contribution < 1.29 is 4.74 Å². The Morgan fingerprint density at radius 2 is 2.10 bits per heavy atom. The summed E-state index contributed by atoms with van der Waals surface area (Å²) in [6.07, 6.45) is 4.85. The highest BCUT2D eigenvalue weighted by Gasteiger charge is 2.13. The van der Waals surface area contributed by atoms with Gasteiger partial charge in [-0.3, -0.25) is 0 Å². The summed E-state index contributed by atoms with van der Waals surface area (Å²) in [4.78, 5) is 0. The molecule has 1 aliphatic rings. The third-order valence-corrected chi connectivity index (χ3v) is 3.78. The smallest absolute Gasteiger partial charge is 0.119 e. The minimum atomic E-state index is 0.514. The minimum absolute atomic E-state index is 0.514. The van der Waals surface area contributed by atoms with Gasteiger partial charge >= 0.3 is 0 Å². The first-order valence-electron chi connectivity index (χ1n) is 8.35. The first-order valence-corrected chi connectivity index (χ1v) is 8.35. The number of nitrogens with one attached hydrogen (secondary N) is 1. The summed E-state index contributed by atoms with van der Waals surface area (Å²) < 4.78 is 5.93. The Bertz CT molecular complexity index is 433. The van der Waals surface area contributed by atoms with Gasteiger partial charge in [0.2, 0.25) is 0 Å². The summed E-state index contributed by atoms with van der Waals surface area (Å²) in [5.41, 5.74) is 3.70. The van der Waals surface area contributed by atoms with Crippen LogP contribution in [0.3, 0.4) is 0 Å². The van der Waals surface area contributed by atoms with Gasteiger partial charge in [0.05, 0.1) is 0 Å². The Balaban J connectivity index is 0.00000106. The highest BCUT2D eigenvalue weighted by atomic mass is 16.5. The second kappa shape index (κ2) is 9.62. The predicted molar refractivity (Wildman–Crippen MR) is 93.0 cm³/mol. The lowest BCUT2D eigenvalue weighted by Crippen LogP contribution is -2.38. The second-order valence-electron chi connectivity index (χ2n) is 5.41. The van der Waals surface area contributed by atoms with E-state index in [1.54, 1.807) is 0 Å². The van der Waals surface area contributed by atoms with Crippen molar-refractivity contribution >= 4 is 5.57 Å². The molecule has 2 nitrogen and oxygen atoms in total. The van der Waals surface area contributed by atoms with Crippen molar-refractivity contribution in [3.63, 3.8) is 0 Å². The van der Waals surface area contributed by atoms with E-state index in [-0.39, 0.29) is 0 Å². The van der Waals surface area contributed by atoms with Gasteiger partial charge in [0, 0.05) is 6.04 Å². The standard InChI is InChI=1S/C17H25NO.C2H6/c1-4-14-11-16(8-9-17(14)13(2)3)19-12-15-7-5-6-10-18-15;1-2/h8-9,11,15,18H,2,4-7,10,12H2,1,3H3;1-2H3. The third-order valence-electron chi connectivity index (χ3n) is 3.78. The summed E-state index contributed by atoms with van der Waals surface area (Å²) in [7, 11) is 0. The number of aryl methyl sites for hydroxylation is 1. The number of benzene rings is 1. The van der Waals surface area contributed by atoms with Crippen molar-refractivity contribution in [2.45, 2.75) is 59.4 Å². The van der Waals surface area contributed by atoms with E-state index < -0.39 is 0 Å². The van der Waals surface area contributed by atoms with Crippen LogP contribution in [0.5, 0.6) is 5.75 Å². The largest absolute Gasteiger partial charge is 0.492 e. The molecule has 0 spiro atoms. The minimum Gasteiger partial charge on any atom is -0.492 e. The summed E-state index contributed by atoms with van der Waals surface area (Å²) in [6, 6.07) is 6.86. The zero-order valence-electron chi connectivity index (χ0n) is 14.2. The maximum absolute atomic E-state index is 5.93. The van der Waals surface area contributed by atoms with E-state index in [0.717, 1.165) is 30.9 Å². The highest BCUT2D eigenvalue weighted by molar-refractivity contribution is 5.65. The molecule has 1 N–H and O–H groups in total. The Hall–Kier alpha value is -1.28. The Labute approximate surface area is 130 Å². The molecule has 0 radical (unpaired) electrons. The van der Waals surface area contributed by atoms with Gasteiger partial charge in [-0.05, 0) is 56.0 Å². The summed E-state index contributed by atoms with van der Waals surface area (Å²) in [6.45, 7) is 14.2. The van der Waals surface area contributed by atoms with Crippen molar-refractivity contribution in [2.24, 2.45) is 0 Å². The lowest BCUT2D eigenvalue weighted by Gasteiger charge is -2.23.